The van der Waals surface area contributed by atoms with Gasteiger partial charge in [0, 0.05) is 19.3 Å². The van der Waals surface area contributed by atoms with E-state index in [0.29, 0.717) is 23.5 Å². The summed E-state index contributed by atoms with van der Waals surface area (Å²) in [6, 6.07) is 8.86. The number of sulfone groups is 1. The van der Waals surface area contributed by atoms with Gasteiger partial charge in [-0.2, -0.15) is 0 Å². The van der Waals surface area contributed by atoms with Crippen LogP contribution in [-0.2, 0) is 29.5 Å². The van der Waals surface area contributed by atoms with Crippen molar-refractivity contribution in [3.05, 3.63) is 53.7 Å². The molecule has 24 heavy (non-hydrogen) atoms. The third-order valence-corrected chi connectivity index (χ3v) is 5.99. The van der Waals surface area contributed by atoms with E-state index in [9.17, 15) is 8.42 Å². The van der Waals surface area contributed by atoms with Crippen LogP contribution in [0.3, 0.4) is 0 Å². The van der Waals surface area contributed by atoms with Crippen molar-refractivity contribution in [2.45, 2.75) is 31.5 Å². The van der Waals surface area contributed by atoms with Gasteiger partial charge < -0.3 is 4.42 Å². The van der Waals surface area contributed by atoms with Gasteiger partial charge in [-0.15, -0.1) is 0 Å². The number of oxazole rings is 1. The van der Waals surface area contributed by atoms with E-state index in [1.165, 1.54) is 5.56 Å². The Morgan fingerprint density at radius 2 is 2.12 bits per heavy atom. The Hall–Kier alpha value is -2.25. The number of hydrogen-bond acceptors (Lipinski definition) is 6. The molecule has 0 saturated carbocycles. The molecule has 0 amide bonds. The highest BCUT2D eigenvalue weighted by atomic mass is 32.2. The van der Waals surface area contributed by atoms with Crippen LogP contribution in [0, 0.1) is 0 Å². The maximum atomic E-state index is 12.0. The van der Waals surface area contributed by atoms with E-state index in [2.05, 4.69) is 20.9 Å². The van der Waals surface area contributed by atoms with Gasteiger partial charge in [0.05, 0.1) is 22.9 Å². The summed E-state index contributed by atoms with van der Waals surface area (Å²) in [4.78, 5) is 11.3. The van der Waals surface area contributed by atoms with Crippen LogP contribution in [0.15, 0.2) is 45.8 Å². The van der Waals surface area contributed by atoms with E-state index in [1.54, 1.807) is 31.3 Å². The van der Waals surface area contributed by atoms with Crippen molar-refractivity contribution in [1.29, 1.82) is 0 Å². The summed E-state index contributed by atoms with van der Waals surface area (Å²) in [6.45, 7) is 3.79. The van der Waals surface area contributed by atoms with Gasteiger partial charge in [-0.05, 0) is 29.8 Å². The fourth-order valence-electron chi connectivity index (χ4n) is 2.95. The molecule has 2 aromatic heterocycles. The number of pyridine rings is 1. The Labute approximate surface area is 140 Å². The van der Waals surface area contributed by atoms with Crippen molar-refractivity contribution < 1.29 is 12.8 Å². The first-order valence-electron chi connectivity index (χ1n) is 7.82. The molecule has 0 unspecified atom stereocenters. The van der Waals surface area contributed by atoms with Gasteiger partial charge in [-0.25, -0.2) is 13.4 Å². The Morgan fingerprint density at radius 1 is 1.25 bits per heavy atom. The third-order valence-electron chi connectivity index (χ3n) is 4.25. The fraction of sp³-hybridized carbons (Fsp3) is 0.294. The van der Waals surface area contributed by atoms with Gasteiger partial charge in [0.1, 0.15) is 5.52 Å². The van der Waals surface area contributed by atoms with Gasteiger partial charge in [-0.1, -0.05) is 13.0 Å². The minimum atomic E-state index is -3.24. The van der Waals surface area contributed by atoms with Gasteiger partial charge in [0.2, 0.25) is 5.89 Å². The normalized spacial score (nSPS) is 15.0. The van der Waals surface area contributed by atoms with Gasteiger partial charge in [-0.3, -0.25) is 9.88 Å². The maximum absolute atomic E-state index is 12.0. The summed E-state index contributed by atoms with van der Waals surface area (Å²) < 4.78 is 29.7. The maximum Gasteiger partial charge on any atom is 0.209 e. The molecule has 0 N–H and O–H groups in total. The van der Waals surface area contributed by atoms with Crippen molar-refractivity contribution in [3.63, 3.8) is 0 Å². The van der Waals surface area contributed by atoms with Gasteiger partial charge in [0.15, 0.2) is 15.4 Å². The van der Waals surface area contributed by atoms with Crippen LogP contribution < -0.4 is 0 Å². The predicted octanol–water partition coefficient (Wildman–Crippen LogP) is 2.53. The van der Waals surface area contributed by atoms with Crippen molar-refractivity contribution in [3.8, 4) is 0 Å². The monoisotopic (exact) mass is 343 g/mol. The van der Waals surface area contributed by atoms with Crippen molar-refractivity contribution in [2.75, 3.05) is 5.75 Å². The molecule has 1 aliphatic rings. The van der Waals surface area contributed by atoms with E-state index in [0.717, 1.165) is 18.8 Å². The molecule has 1 aromatic carbocycles. The number of hydrogen-bond donors (Lipinski definition) is 0. The smallest absolute Gasteiger partial charge is 0.209 e. The van der Waals surface area contributed by atoms with Crippen LogP contribution in [-0.4, -0.2) is 29.0 Å². The number of aromatic nitrogens is 2. The second-order valence-corrected chi connectivity index (χ2v) is 8.17. The highest BCUT2D eigenvalue weighted by Crippen LogP contribution is 2.25. The molecule has 0 radical (unpaired) electrons. The summed E-state index contributed by atoms with van der Waals surface area (Å²) in [6.07, 6.45) is 1.80. The Morgan fingerprint density at radius 3 is 2.92 bits per heavy atom. The molecule has 0 fully saturated rings. The molecule has 0 atom stereocenters. The molecule has 6 nitrogen and oxygen atoms in total. The van der Waals surface area contributed by atoms with Crippen LogP contribution in [0.25, 0.3) is 11.1 Å². The van der Waals surface area contributed by atoms with Crippen molar-refractivity contribution >= 4 is 20.9 Å². The lowest BCUT2D eigenvalue weighted by molar-refractivity contribution is 0.247. The minimum absolute atomic E-state index is 0.0717. The van der Waals surface area contributed by atoms with E-state index < -0.39 is 9.84 Å². The average molecular weight is 343 g/mol. The van der Waals surface area contributed by atoms with Crippen LogP contribution >= 0.6 is 0 Å². The molecular formula is C17H17N3O3S. The first-order valence-corrected chi connectivity index (χ1v) is 9.48. The summed E-state index contributed by atoms with van der Waals surface area (Å²) in [7, 11) is -3.24. The highest BCUT2D eigenvalue weighted by Gasteiger charge is 2.22. The molecule has 124 valence electrons. The molecule has 1 aliphatic heterocycles. The Balaban J connectivity index is 1.58. The summed E-state index contributed by atoms with van der Waals surface area (Å²) in [5, 5.41) is 0. The Bertz CT molecular complexity index is 986. The molecule has 3 aromatic rings. The SMILES string of the molecule is CCS(=O)(=O)c1ccc2oc(CN3Cc4cccnc4C3)nc2c1. The van der Waals surface area contributed by atoms with Crippen LogP contribution in [0.2, 0.25) is 0 Å². The first-order chi connectivity index (χ1) is 11.5. The van der Waals surface area contributed by atoms with E-state index in [1.807, 2.05) is 6.07 Å². The van der Waals surface area contributed by atoms with E-state index in [4.69, 9.17) is 4.42 Å². The second-order valence-electron chi connectivity index (χ2n) is 5.89. The van der Waals surface area contributed by atoms with Gasteiger partial charge in [0.25, 0.3) is 0 Å². The molecule has 0 aliphatic carbocycles. The number of benzene rings is 1. The van der Waals surface area contributed by atoms with E-state index >= 15 is 0 Å². The zero-order valence-electron chi connectivity index (χ0n) is 13.3. The molecular weight excluding hydrogens is 326 g/mol. The quantitative estimate of drug-likeness (QED) is 0.724. The number of nitrogens with zero attached hydrogens (tertiary/aromatic N) is 3. The van der Waals surface area contributed by atoms with Crippen molar-refractivity contribution in [1.82, 2.24) is 14.9 Å². The molecule has 3 heterocycles. The molecule has 0 saturated heterocycles. The summed E-state index contributed by atoms with van der Waals surface area (Å²) in [5.41, 5.74) is 3.50. The molecule has 7 heteroatoms. The largest absolute Gasteiger partial charge is 0.439 e. The van der Waals surface area contributed by atoms with Crippen molar-refractivity contribution in [2.24, 2.45) is 0 Å². The highest BCUT2D eigenvalue weighted by molar-refractivity contribution is 7.91. The number of fused-ring (bicyclic) bond motifs is 2. The fourth-order valence-corrected chi connectivity index (χ4v) is 3.85. The average Bonchev–Trinajstić information content (AvgIpc) is 3.16. The van der Waals surface area contributed by atoms with Crippen LogP contribution in [0.1, 0.15) is 24.1 Å². The van der Waals surface area contributed by atoms with Crippen LogP contribution in [0.4, 0.5) is 0 Å². The topological polar surface area (TPSA) is 76.3 Å². The zero-order valence-corrected chi connectivity index (χ0v) is 14.1. The number of rotatable bonds is 4. The molecule has 0 spiro atoms. The predicted molar refractivity (Wildman–Crippen MR) is 88.9 cm³/mol. The minimum Gasteiger partial charge on any atom is -0.439 e. The standard InChI is InChI=1S/C17H17N3O3S/c1-2-24(21,22)13-5-6-16-14(8-13)19-17(23-16)11-20-9-12-4-3-7-18-15(12)10-20/h3-8H,2,9-11H2,1H3. The molecule has 4 rings (SSSR count). The summed E-state index contributed by atoms with van der Waals surface area (Å²) >= 11 is 0. The molecule has 0 bridgehead atoms. The first kappa shape index (κ1) is 15.3. The lowest BCUT2D eigenvalue weighted by Crippen LogP contribution is -2.15. The van der Waals surface area contributed by atoms with Crippen LogP contribution in [0.5, 0.6) is 0 Å². The summed E-state index contributed by atoms with van der Waals surface area (Å²) in [5.74, 6) is 0.659. The van der Waals surface area contributed by atoms with E-state index in [-0.39, 0.29) is 10.6 Å². The Kier molecular flexibility index (Phi) is 3.62. The lowest BCUT2D eigenvalue weighted by Gasteiger charge is -2.10. The zero-order chi connectivity index (χ0) is 16.7. The van der Waals surface area contributed by atoms with Gasteiger partial charge >= 0.3 is 0 Å². The third kappa shape index (κ3) is 2.70. The second kappa shape index (κ2) is 5.68. The lowest BCUT2D eigenvalue weighted by atomic mass is 10.2.